The lowest BCUT2D eigenvalue weighted by Crippen LogP contribution is -2.53. The molecular weight excluding hydrogens is 254 g/mol. The summed E-state index contributed by atoms with van der Waals surface area (Å²) in [6, 6.07) is 0. The molecule has 2 N–H and O–H groups in total. The number of ketones is 2. The van der Waals surface area contributed by atoms with Gasteiger partial charge in [0, 0.05) is 24.9 Å². The second-order valence-corrected chi connectivity index (χ2v) is 5.26. The van der Waals surface area contributed by atoms with E-state index in [-0.39, 0.29) is 44.6 Å². The normalized spacial score (nSPS) is 26.5. The predicted molar refractivity (Wildman–Crippen MR) is 61.6 cm³/mol. The maximum absolute atomic E-state index is 11.8. The number of nitrogens with zero attached hydrogens (tertiary/aromatic N) is 1. The van der Waals surface area contributed by atoms with Crippen molar-refractivity contribution in [3.8, 4) is 0 Å². The summed E-state index contributed by atoms with van der Waals surface area (Å²) in [4.78, 5) is 46.7. The standard InChI is InChI=1S/C12H15NO6/c14-7-5-8(15)9(10(16)17)12(6-7)1-3-13(4-2-12)11(18)19/h9H,1-6H2,(H,16,17)(H,18,19). The van der Waals surface area contributed by atoms with Crippen LogP contribution in [-0.4, -0.2) is 51.8 Å². The number of hydrogen-bond acceptors (Lipinski definition) is 4. The average Bonchev–Trinajstić information content (AvgIpc) is 2.27. The second-order valence-electron chi connectivity index (χ2n) is 5.26. The first kappa shape index (κ1) is 13.5. The first-order chi connectivity index (χ1) is 8.85. The van der Waals surface area contributed by atoms with Crippen LogP contribution >= 0.6 is 0 Å². The Kier molecular flexibility index (Phi) is 3.30. The van der Waals surface area contributed by atoms with E-state index in [1.807, 2.05) is 0 Å². The van der Waals surface area contributed by atoms with Gasteiger partial charge in [-0.3, -0.25) is 14.4 Å². The zero-order valence-corrected chi connectivity index (χ0v) is 10.3. The van der Waals surface area contributed by atoms with Gasteiger partial charge in [-0.1, -0.05) is 0 Å². The van der Waals surface area contributed by atoms with Gasteiger partial charge in [0.1, 0.15) is 11.7 Å². The Morgan fingerprint density at radius 3 is 2.21 bits per heavy atom. The van der Waals surface area contributed by atoms with Gasteiger partial charge in [-0.25, -0.2) is 4.79 Å². The summed E-state index contributed by atoms with van der Waals surface area (Å²) in [5, 5.41) is 18.1. The smallest absolute Gasteiger partial charge is 0.407 e. The van der Waals surface area contributed by atoms with Crippen molar-refractivity contribution < 1.29 is 29.4 Å². The Morgan fingerprint density at radius 2 is 1.74 bits per heavy atom. The van der Waals surface area contributed by atoms with Crippen molar-refractivity contribution in [2.45, 2.75) is 25.7 Å². The van der Waals surface area contributed by atoms with E-state index in [4.69, 9.17) is 5.11 Å². The highest BCUT2D eigenvalue weighted by Crippen LogP contribution is 2.46. The lowest BCUT2D eigenvalue weighted by Gasteiger charge is -2.45. The SMILES string of the molecule is O=C1CC(=O)C(C(=O)O)C2(CCN(C(=O)O)CC2)C1. The fourth-order valence-electron chi connectivity index (χ4n) is 3.20. The number of likely N-dealkylation sites (tertiary alicyclic amines) is 1. The van der Waals surface area contributed by atoms with Crippen molar-refractivity contribution >= 4 is 23.6 Å². The van der Waals surface area contributed by atoms with Crippen LogP contribution < -0.4 is 0 Å². The van der Waals surface area contributed by atoms with E-state index in [0.717, 1.165) is 0 Å². The number of carboxylic acids is 1. The summed E-state index contributed by atoms with van der Waals surface area (Å²) < 4.78 is 0. The van der Waals surface area contributed by atoms with Crippen molar-refractivity contribution in [1.82, 2.24) is 4.90 Å². The number of rotatable bonds is 1. The number of carboxylic acid groups (broad SMARTS) is 2. The Balaban J connectivity index is 2.24. The molecule has 1 amide bonds. The molecule has 0 radical (unpaired) electrons. The van der Waals surface area contributed by atoms with E-state index in [2.05, 4.69) is 0 Å². The third kappa shape index (κ3) is 2.32. The van der Waals surface area contributed by atoms with Gasteiger partial charge in [-0.15, -0.1) is 0 Å². The summed E-state index contributed by atoms with van der Waals surface area (Å²) >= 11 is 0. The lowest BCUT2D eigenvalue weighted by atomic mass is 9.60. The highest BCUT2D eigenvalue weighted by atomic mass is 16.4. The molecule has 0 aromatic rings. The largest absolute Gasteiger partial charge is 0.481 e. The fourth-order valence-corrected chi connectivity index (χ4v) is 3.20. The number of hydrogen-bond donors (Lipinski definition) is 2. The molecule has 7 heteroatoms. The fraction of sp³-hybridized carbons (Fsp3) is 0.667. The molecule has 2 aliphatic rings. The summed E-state index contributed by atoms with van der Waals surface area (Å²) in [6.45, 7) is 0.333. The van der Waals surface area contributed by atoms with Crippen molar-refractivity contribution in [3.05, 3.63) is 0 Å². The van der Waals surface area contributed by atoms with Gasteiger partial charge in [0.15, 0.2) is 5.78 Å². The Hall–Kier alpha value is -1.92. The first-order valence-corrected chi connectivity index (χ1v) is 6.11. The molecule has 0 aromatic heterocycles. The molecule has 2 rings (SSSR count). The average molecular weight is 269 g/mol. The van der Waals surface area contributed by atoms with Crippen LogP contribution in [0.25, 0.3) is 0 Å². The van der Waals surface area contributed by atoms with Crippen LogP contribution in [0.15, 0.2) is 0 Å². The molecule has 0 aromatic carbocycles. The van der Waals surface area contributed by atoms with E-state index in [1.54, 1.807) is 0 Å². The van der Waals surface area contributed by atoms with Gasteiger partial charge >= 0.3 is 12.1 Å². The van der Waals surface area contributed by atoms with Crippen molar-refractivity contribution in [2.24, 2.45) is 11.3 Å². The minimum Gasteiger partial charge on any atom is -0.481 e. The summed E-state index contributed by atoms with van der Waals surface area (Å²) in [5.74, 6) is -3.18. The quantitative estimate of drug-likeness (QED) is 0.665. The van der Waals surface area contributed by atoms with Gasteiger partial charge < -0.3 is 15.1 Å². The van der Waals surface area contributed by atoms with E-state index >= 15 is 0 Å². The Morgan fingerprint density at radius 1 is 1.16 bits per heavy atom. The molecule has 104 valence electrons. The Bertz CT molecular complexity index is 449. The minimum absolute atomic E-state index is 0.0587. The number of carbonyl (C=O) groups excluding carboxylic acids is 2. The van der Waals surface area contributed by atoms with Gasteiger partial charge in [-0.2, -0.15) is 0 Å². The van der Waals surface area contributed by atoms with Crippen LogP contribution in [-0.2, 0) is 14.4 Å². The highest BCUT2D eigenvalue weighted by Gasteiger charge is 2.53. The number of Topliss-reactive ketones (excluding diaryl/α,β-unsaturated/α-hetero) is 2. The third-order valence-corrected chi connectivity index (χ3v) is 4.13. The predicted octanol–water partition coefficient (Wildman–Crippen LogP) is 0.379. The molecule has 1 saturated heterocycles. The number of carbonyl (C=O) groups is 4. The first-order valence-electron chi connectivity index (χ1n) is 6.11. The monoisotopic (exact) mass is 269 g/mol. The summed E-state index contributed by atoms with van der Waals surface area (Å²) in [5.41, 5.74) is -0.899. The number of piperidine rings is 1. The molecule has 1 spiro atoms. The van der Waals surface area contributed by atoms with Gasteiger partial charge in [0.05, 0.1) is 6.42 Å². The second kappa shape index (κ2) is 4.64. The van der Waals surface area contributed by atoms with Gasteiger partial charge in [0.25, 0.3) is 0 Å². The molecule has 19 heavy (non-hydrogen) atoms. The lowest BCUT2D eigenvalue weighted by molar-refractivity contribution is -0.158. The third-order valence-electron chi connectivity index (χ3n) is 4.13. The molecule has 2 fully saturated rings. The van der Waals surface area contributed by atoms with Crippen molar-refractivity contribution in [2.75, 3.05) is 13.1 Å². The molecule has 1 aliphatic carbocycles. The van der Waals surface area contributed by atoms with Gasteiger partial charge in [0.2, 0.25) is 0 Å². The molecule has 1 saturated carbocycles. The van der Waals surface area contributed by atoms with Gasteiger partial charge in [-0.05, 0) is 12.8 Å². The number of amides is 1. The van der Waals surface area contributed by atoms with Crippen LogP contribution in [0.4, 0.5) is 4.79 Å². The maximum atomic E-state index is 11.8. The van der Waals surface area contributed by atoms with Crippen LogP contribution in [0.2, 0.25) is 0 Å². The number of aliphatic carboxylic acids is 1. The summed E-state index contributed by atoms with van der Waals surface area (Å²) in [6.07, 6.45) is -0.832. The molecular formula is C12H15NO6. The van der Waals surface area contributed by atoms with E-state index in [1.165, 1.54) is 4.90 Å². The zero-order valence-electron chi connectivity index (χ0n) is 10.3. The molecule has 1 atom stereocenters. The van der Waals surface area contributed by atoms with E-state index in [9.17, 15) is 24.3 Å². The highest BCUT2D eigenvalue weighted by molar-refractivity contribution is 6.10. The Labute approximate surface area is 109 Å². The van der Waals surface area contributed by atoms with E-state index in [0.29, 0.717) is 0 Å². The zero-order chi connectivity index (χ0) is 14.2. The minimum atomic E-state index is -1.21. The molecule has 7 nitrogen and oxygen atoms in total. The van der Waals surface area contributed by atoms with Crippen molar-refractivity contribution in [1.29, 1.82) is 0 Å². The van der Waals surface area contributed by atoms with Crippen molar-refractivity contribution in [3.63, 3.8) is 0 Å². The molecule has 1 heterocycles. The molecule has 1 unspecified atom stereocenters. The maximum Gasteiger partial charge on any atom is 0.407 e. The van der Waals surface area contributed by atoms with Crippen LogP contribution in [0, 0.1) is 11.3 Å². The van der Waals surface area contributed by atoms with Crippen LogP contribution in [0.3, 0.4) is 0 Å². The van der Waals surface area contributed by atoms with Crippen LogP contribution in [0.5, 0.6) is 0 Å². The van der Waals surface area contributed by atoms with Crippen LogP contribution in [0.1, 0.15) is 25.7 Å². The molecule has 1 aliphatic heterocycles. The molecule has 0 bridgehead atoms. The summed E-state index contributed by atoms with van der Waals surface area (Å²) in [7, 11) is 0. The topological polar surface area (TPSA) is 112 Å². The van der Waals surface area contributed by atoms with E-state index < -0.39 is 29.2 Å².